The molecule has 0 aliphatic heterocycles. The molecule has 0 spiro atoms. The number of methoxy groups -OCH3 is 2. The summed E-state index contributed by atoms with van der Waals surface area (Å²) in [6.45, 7) is 0. The molecule has 7 heteroatoms. The summed E-state index contributed by atoms with van der Waals surface area (Å²) in [5.74, 6) is 2.62. The van der Waals surface area contributed by atoms with Crippen LogP contribution in [0.25, 0.3) is 0 Å². The fourth-order valence-electron chi connectivity index (χ4n) is 2.23. The number of hydrogen-bond acceptors (Lipinski definition) is 7. The molecule has 0 atom stereocenters. The summed E-state index contributed by atoms with van der Waals surface area (Å²) in [7, 11) is 3.33. The van der Waals surface area contributed by atoms with Gasteiger partial charge in [-0.05, 0) is 36.2 Å². The van der Waals surface area contributed by atoms with Crippen molar-refractivity contribution in [2.24, 2.45) is 0 Å². The SMILES string of the molecule is COc1ccc(CCSc2nnc(Nc3ccccc3OC)s2)cc1. The molecule has 0 radical (unpaired) electrons. The maximum Gasteiger partial charge on any atom is 0.210 e. The van der Waals surface area contributed by atoms with E-state index in [1.54, 1.807) is 37.3 Å². The molecule has 130 valence electrons. The van der Waals surface area contributed by atoms with E-state index in [1.807, 2.05) is 36.4 Å². The Labute approximate surface area is 155 Å². The molecule has 1 heterocycles. The smallest absolute Gasteiger partial charge is 0.210 e. The summed E-state index contributed by atoms with van der Waals surface area (Å²) >= 11 is 3.25. The van der Waals surface area contributed by atoms with Gasteiger partial charge in [0.05, 0.1) is 19.9 Å². The first kappa shape index (κ1) is 17.6. The standard InChI is InChI=1S/C18H19N3O2S2/c1-22-14-9-7-13(8-10-14)11-12-24-18-21-20-17(25-18)19-15-5-3-4-6-16(15)23-2/h3-10H,11-12H2,1-2H3,(H,19,20). The van der Waals surface area contributed by atoms with Crippen LogP contribution in [0.2, 0.25) is 0 Å². The predicted molar refractivity (Wildman–Crippen MR) is 104 cm³/mol. The van der Waals surface area contributed by atoms with Gasteiger partial charge >= 0.3 is 0 Å². The Morgan fingerprint density at radius 2 is 1.80 bits per heavy atom. The minimum atomic E-state index is 0.761. The molecule has 2 aromatic carbocycles. The molecule has 3 aromatic rings. The van der Waals surface area contributed by atoms with Gasteiger partial charge in [0.2, 0.25) is 5.13 Å². The molecule has 0 unspecified atom stereocenters. The minimum absolute atomic E-state index is 0.761. The number of benzene rings is 2. The first-order chi connectivity index (χ1) is 12.3. The van der Waals surface area contributed by atoms with Gasteiger partial charge in [0.25, 0.3) is 0 Å². The fourth-order valence-corrected chi connectivity index (χ4v) is 4.05. The number of aromatic nitrogens is 2. The van der Waals surface area contributed by atoms with E-state index in [1.165, 1.54) is 5.56 Å². The van der Waals surface area contributed by atoms with Gasteiger partial charge in [-0.2, -0.15) is 0 Å². The van der Waals surface area contributed by atoms with Gasteiger partial charge in [-0.1, -0.05) is 47.4 Å². The van der Waals surface area contributed by atoms with Crippen LogP contribution in [0.5, 0.6) is 11.5 Å². The maximum absolute atomic E-state index is 5.33. The second-order valence-corrected chi connectivity index (χ2v) is 7.46. The van der Waals surface area contributed by atoms with Gasteiger partial charge in [-0.25, -0.2) is 0 Å². The van der Waals surface area contributed by atoms with Crippen molar-refractivity contribution in [1.82, 2.24) is 10.2 Å². The van der Waals surface area contributed by atoms with E-state index in [2.05, 4.69) is 27.6 Å². The number of nitrogens with zero attached hydrogens (tertiary/aromatic N) is 2. The first-order valence-electron chi connectivity index (χ1n) is 7.78. The molecule has 1 N–H and O–H groups in total. The highest BCUT2D eigenvalue weighted by atomic mass is 32.2. The van der Waals surface area contributed by atoms with Crippen LogP contribution < -0.4 is 14.8 Å². The van der Waals surface area contributed by atoms with Crippen LogP contribution in [0.15, 0.2) is 52.9 Å². The summed E-state index contributed by atoms with van der Waals surface area (Å²) in [6, 6.07) is 15.9. The Bertz CT molecular complexity index is 806. The highest BCUT2D eigenvalue weighted by Gasteiger charge is 2.08. The average Bonchev–Trinajstić information content (AvgIpc) is 3.10. The van der Waals surface area contributed by atoms with Crippen LogP contribution >= 0.6 is 23.1 Å². The lowest BCUT2D eigenvalue weighted by atomic mass is 10.2. The Morgan fingerprint density at radius 3 is 2.56 bits per heavy atom. The largest absolute Gasteiger partial charge is 0.497 e. The monoisotopic (exact) mass is 373 g/mol. The zero-order chi connectivity index (χ0) is 17.5. The van der Waals surface area contributed by atoms with E-state index in [0.29, 0.717) is 0 Å². The molecule has 1 aromatic heterocycles. The normalized spacial score (nSPS) is 10.5. The zero-order valence-electron chi connectivity index (χ0n) is 14.1. The number of hydrogen-bond donors (Lipinski definition) is 1. The van der Waals surface area contributed by atoms with Crippen LogP contribution in [0.3, 0.4) is 0 Å². The van der Waals surface area contributed by atoms with Crippen LogP contribution in [0.4, 0.5) is 10.8 Å². The summed E-state index contributed by atoms with van der Waals surface area (Å²) in [5.41, 5.74) is 2.17. The van der Waals surface area contributed by atoms with Gasteiger partial charge in [0, 0.05) is 5.75 Å². The Hall–Kier alpha value is -2.25. The third-order valence-corrected chi connectivity index (χ3v) is 5.50. The average molecular weight is 374 g/mol. The highest BCUT2D eigenvalue weighted by Crippen LogP contribution is 2.31. The number of anilines is 2. The fraction of sp³-hybridized carbons (Fsp3) is 0.222. The van der Waals surface area contributed by atoms with E-state index in [0.717, 1.165) is 38.8 Å². The number of aryl methyl sites for hydroxylation is 1. The molecule has 3 rings (SSSR count). The third-order valence-electron chi connectivity index (χ3n) is 3.53. The maximum atomic E-state index is 5.33. The number of nitrogens with one attached hydrogen (secondary N) is 1. The zero-order valence-corrected chi connectivity index (χ0v) is 15.7. The van der Waals surface area contributed by atoms with Crippen molar-refractivity contribution in [3.05, 3.63) is 54.1 Å². The minimum Gasteiger partial charge on any atom is -0.497 e. The molecular formula is C18H19N3O2S2. The number of rotatable bonds is 8. The van der Waals surface area contributed by atoms with Gasteiger partial charge in [0.1, 0.15) is 11.5 Å². The van der Waals surface area contributed by atoms with Crippen LogP contribution in [-0.2, 0) is 6.42 Å². The molecular weight excluding hydrogens is 354 g/mol. The first-order valence-corrected chi connectivity index (χ1v) is 9.58. The Morgan fingerprint density at radius 1 is 1.00 bits per heavy atom. The van der Waals surface area contributed by atoms with Crippen molar-refractivity contribution < 1.29 is 9.47 Å². The molecule has 0 bridgehead atoms. The van der Waals surface area contributed by atoms with E-state index in [-0.39, 0.29) is 0 Å². The van der Waals surface area contributed by atoms with Crippen molar-refractivity contribution in [1.29, 1.82) is 0 Å². The Kier molecular flexibility index (Phi) is 6.14. The van der Waals surface area contributed by atoms with Gasteiger partial charge in [0.15, 0.2) is 4.34 Å². The van der Waals surface area contributed by atoms with E-state index in [9.17, 15) is 0 Å². The highest BCUT2D eigenvalue weighted by molar-refractivity contribution is 8.01. The van der Waals surface area contributed by atoms with Crippen LogP contribution in [0.1, 0.15) is 5.56 Å². The number of para-hydroxylation sites is 2. The van der Waals surface area contributed by atoms with Gasteiger partial charge in [-0.3, -0.25) is 0 Å². The lowest BCUT2D eigenvalue weighted by Crippen LogP contribution is -1.93. The van der Waals surface area contributed by atoms with Crippen molar-refractivity contribution in [3.8, 4) is 11.5 Å². The molecule has 0 amide bonds. The molecule has 0 aliphatic rings. The second kappa shape index (κ2) is 8.73. The quantitative estimate of drug-likeness (QED) is 0.581. The van der Waals surface area contributed by atoms with E-state index >= 15 is 0 Å². The number of ether oxygens (including phenoxy) is 2. The molecule has 5 nitrogen and oxygen atoms in total. The number of thioether (sulfide) groups is 1. The lowest BCUT2D eigenvalue weighted by molar-refractivity contribution is 0.414. The summed E-state index contributed by atoms with van der Waals surface area (Å²) < 4.78 is 11.5. The lowest BCUT2D eigenvalue weighted by Gasteiger charge is -2.07. The van der Waals surface area contributed by atoms with Crippen LogP contribution in [-0.4, -0.2) is 30.2 Å². The van der Waals surface area contributed by atoms with Crippen molar-refractivity contribution in [3.63, 3.8) is 0 Å². The predicted octanol–water partition coefficient (Wildman–Crippen LogP) is 4.63. The van der Waals surface area contributed by atoms with Crippen LogP contribution in [0, 0.1) is 0 Å². The second-order valence-electron chi connectivity index (χ2n) is 5.14. The van der Waals surface area contributed by atoms with Crippen molar-refractivity contribution in [2.45, 2.75) is 10.8 Å². The molecule has 0 aliphatic carbocycles. The summed E-state index contributed by atoms with van der Waals surface area (Å²) in [5, 5.41) is 12.5. The molecule has 25 heavy (non-hydrogen) atoms. The van der Waals surface area contributed by atoms with E-state index in [4.69, 9.17) is 9.47 Å². The van der Waals surface area contributed by atoms with E-state index < -0.39 is 0 Å². The third kappa shape index (κ3) is 4.87. The summed E-state index contributed by atoms with van der Waals surface area (Å²) in [6.07, 6.45) is 0.976. The topological polar surface area (TPSA) is 56.3 Å². The molecule has 0 saturated heterocycles. The molecule has 0 fully saturated rings. The van der Waals surface area contributed by atoms with Gasteiger partial charge in [-0.15, -0.1) is 10.2 Å². The van der Waals surface area contributed by atoms with Crippen molar-refractivity contribution in [2.75, 3.05) is 25.3 Å². The van der Waals surface area contributed by atoms with Crippen molar-refractivity contribution >= 4 is 33.9 Å². The summed E-state index contributed by atoms with van der Waals surface area (Å²) in [4.78, 5) is 0. The Balaban J connectivity index is 1.53. The van der Waals surface area contributed by atoms with Gasteiger partial charge < -0.3 is 14.8 Å². The molecule has 0 saturated carbocycles.